The molecule has 2 heteroatoms. The minimum Gasteiger partial charge on any atom is -0.466 e. The lowest BCUT2D eigenvalue weighted by Crippen LogP contribution is -1.92. The van der Waals surface area contributed by atoms with Crippen LogP contribution in [0, 0.1) is 5.92 Å². The van der Waals surface area contributed by atoms with Crippen molar-refractivity contribution in [2.75, 3.05) is 7.11 Å². The molecule has 0 bridgehead atoms. The Kier molecular flexibility index (Phi) is 6.07. The molecule has 0 radical (unpaired) electrons. The lowest BCUT2D eigenvalue weighted by molar-refractivity contribution is -0.134. The van der Waals surface area contributed by atoms with Crippen molar-refractivity contribution in [3.8, 4) is 0 Å². The van der Waals surface area contributed by atoms with Gasteiger partial charge in [-0.2, -0.15) is 0 Å². The molecule has 0 aliphatic heterocycles. The zero-order valence-electron chi connectivity index (χ0n) is 7.91. The van der Waals surface area contributed by atoms with Crippen LogP contribution in [0.3, 0.4) is 0 Å². The molecule has 0 aromatic heterocycles. The first-order valence-corrected chi connectivity index (χ1v) is 4.08. The van der Waals surface area contributed by atoms with Crippen LogP contribution in [0.25, 0.3) is 0 Å². The third-order valence-corrected chi connectivity index (χ3v) is 1.29. The first-order valence-electron chi connectivity index (χ1n) is 4.08. The van der Waals surface area contributed by atoms with Gasteiger partial charge in [-0.25, -0.2) is 4.79 Å². The zero-order valence-corrected chi connectivity index (χ0v) is 7.91. The largest absolute Gasteiger partial charge is 0.466 e. The van der Waals surface area contributed by atoms with E-state index in [0.29, 0.717) is 5.92 Å². The highest BCUT2D eigenvalue weighted by Crippen LogP contribution is 1.99. The number of carbonyl (C=O) groups excluding carboxylic acids is 1. The molecule has 2 nitrogen and oxygen atoms in total. The number of rotatable bonds is 4. The van der Waals surface area contributed by atoms with Crippen LogP contribution in [0.2, 0.25) is 0 Å². The molecule has 0 atom stereocenters. The monoisotopic (exact) mass is 168 g/mol. The summed E-state index contributed by atoms with van der Waals surface area (Å²) in [6.45, 7) is 4.29. The normalized spacial score (nSPS) is 11.7. The van der Waals surface area contributed by atoms with E-state index in [2.05, 4.69) is 18.6 Å². The highest BCUT2D eigenvalue weighted by atomic mass is 16.5. The van der Waals surface area contributed by atoms with Gasteiger partial charge in [0.25, 0.3) is 0 Å². The number of hydrogen-bond donors (Lipinski definition) is 0. The molecule has 0 fully saturated rings. The van der Waals surface area contributed by atoms with Crippen molar-refractivity contribution in [2.24, 2.45) is 5.92 Å². The lowest BCUT2D eigenvalue weighted by Gasteiger charge is -1.94. The van der Waals surface area contributed by atoms with Gasteiger partial charge in [0.05, 0.1) is 7.11 Å². The van der Waals surface area contributed by atoms with Gasteiger partial charge in [0.2, 0.25) is 0 Å². The standard InChI is InChI=1S/C10H16O2/c1-9(2)7-5-4-6-8-10(11)12-3/h4-6,8-9H,7H2,1-3H3/b5-4+,8-6-. The van der Waals surface area contributed by atoms with Crippen molar-refractivity contribution in [2.45, 2.75) is 20.3 Å². The molecule has 0 saturated heterocycles. The van der Waals surface area contributed by atoms with E-state index < -0.39 is 0 Å². The van der Waals surface area contributed by atoms with Crippen LogP contribution in [0.4, 0.5) is 0 Å². The Labute approximate surface area is 73.9 Å². The zero-order chi connectivity index (χ0) is 9.40. The summed E-state index contributed by atoms with van der Waals surface area (Å²) in [4.78, 5) is 10.6. The van der Waals surface area contributed by atoms with Crippen LogP contribution < -0.4 is 0 Å². The van der Waals surface area contributed by atoms with Gasteiger partial charge >= 0.3 is 5.97 Å². The molecule has 0 aliphatic rings. The first-order chi connectivity index (χ1) is 5.66. The molecule has 68 valence electrons. The molecule has 0 aromatic carbocycles. The minimum atomic E-state index is -0.316. The second kappa shape index (κ2) is 6.65. The van der Waals surface area contributed by atoms with Crippen molar-refractivity contribution in [3.63, 3.8) is 0 Å². The van der Waals surface area contributed by atoms with Crippen molar-refractivity contribution >= 4 is 5.97 Å². The van der Waals surface area contributed by atoms with Gasteiger partial charge in [0.15, 0.2) is 0 Å². The maximum atomic E-state index is 10.6. The first kappa shape index (κ1) is 11.0. The third kappa shape index (κ3) is 7.06. The smallest absolute Gasteiger partial charge is 0.330 e. The van der Waals surface area contributed by atoms with Crippen molar-refractivity contribution < 1.29 is 9.53 Å². The number of carbonyl (C=O) groups is 1. The number of hydrogen-bond acceptors (Lipinski definition) is 2. The number of esters is 1. The van der Waals surface area contributed by atoms with Gasteiger partial charge in [0.1, 0.15) is 0 Å². The summed E-state index contributed by atoms with van der Waals surface area (Å²) in [7, 11) is 1.37. The molecule has 0 aromatic rings. The van der Waals surface area contributed by atoms with Gasteiger partial charge < -0.3 is 4.74 Å². The maximum Gasteiger partial charge on any atom is 0.330 e. The molecular weight excluding hydrogens is 152 g/mol. The summed E-state index contributed by atoms with van der Waals surface area (Å²) < 4.78 is 4.42. The SMILES string of the molecule is COC(=O)/C=C\C=C\CC(C)C. The molecule has 0 unspecified atom stereocenters. The highest BCUT2D eigenvalue weighted by molar-refractivity contribution is 5.82. The molecule has 0 saturated carbocycles. The summed E-state index contributed by atoms with van der Waals surface area (Å²) in [6, 6.07) is 0. The Morgan fingerprint density at radius 3 is 2.58 bits per heavy atom. The predicted molar refractivity (Wildman–Crippen MR) is 49.8 cm³/mol. The van der Waals surface area contributed by atoms with E-state index in [1.807, 2.05) is 12.2 Å². The molecule has 12 heavy (non-hydrogen) atoms. The quantitative estimate of drug-likeness (QED) is 0.366. The van der Waals surface area contributed by atoms with Crippen LogP contribution >= 0.6 is 0 Å². The Balaban J connectivity index is 3.59. The predicted octanol–water partition coefficient (Wildman–Crippen LogP) is 2.32. The summed E-state index contributed by atoms with van der Waals surface area (Å²) in [5.41, 5.74) is 0. The average molecular weight is 168 g/mol. The van der Waals surface area contributed by atoms with Gasteiger partial charge in [-0.3, -0.25) is 0 Å². The van der Waals surface area contributed by atoms with E-state index in [4.69, 9.17) is 0 Å². The fraction of sp³-hybridized carbons (Fsp3) is 0.500. The molecule has 0 spiro atoms. The molecule has 0 aliphatic carbocycles. The van der Waals surface area contributed by atoms with E-state index in [1.54, 1.807) is 6.08 Å². The average Bonchev–Trinajstić information content (AvgIpc) is 2.03. The molecular formula is C10H16O2. The van der Waals surface area contributed by atoms with Gasteiger partial charge in [-0.1, -0.05) is 32.1 Å². The number of methoxy groups -OCH3 is 1. The van der Waals surface area contributed by atoms with E-state index in [0.717, 1.165) is 6.42 Å². The molecule has 0 amide bonds. The van der Waals surface area contributed by atoms with Crippen LogP contribution in [-0.4, -0.2) is 13.1 Å². The van der Waals surface area contributed by atoms with Crippen LogP contribution in [-0.2, 0) is 9.53 Å². The van der Waals surface area contributed by atoms with Gasteiger partial charge in [0, 0.05) is 6.08 Å². The second-order valence-corrected chi connectivity index (χ2v) is 2.94. The summed E-state index contributed by atoms with van der Waals surface area (Å²) in [5, 5.41) is 0. The Hall–Kier alpha value is -1.05. The topological polar surface area (TPSA) is 26.3 Å². The maximum absolute atomic E-state index is 10.6. The summed E-state index contributed by atoms with van der Waals surface area (Å²) >= 11 is 0. The summed E-state index contributed by atoms with van der Waals surface area (Å²) in [6.07, 6.45) is 8.01. The minimum absolute atomic E-state index is 0.316. The number of allylic oxidation sites excluding steroid dienone is 3. The third-order valence-electron chi connectivity index (χ3n) is 1.29. The fourth-order valence-corrected chi connectivity index (χ4v) is 0.631. The van der Waals surface area contributed by atoms with Crippen LogP contribution in [0.5, 0.6) is 0 Å². The number of ether oxygens (including phenoxy) is 1. The Bertz CT molecular complexity index is 178. The van der Waals surface area contributed by atoms with Crippen molar-refractivity contribution in [1.82, 2.24) is 0 Å². The van der Waals surface area contributed by atoms with Crippen LogP contribution in [0.1, 0.15) is 20.3 Å². The molecule has 0 rings (SSSR count). The Morgan fingerprint density at radius 2 is 2.08 bits per heavy atom. The summed E-state index contributed by atoms with van der Waals surface area (Å²) in [5.74, 6) is 0.344. The fourth-order valence-electron chi connectivity index (χ4n) is 0.631. The molecule has 0 N–H and O–H groups in total. The van der Waals surface area contributed by atoms with Crippen molar-refractivity contribution in [3.05, 3.63) is 24.3 Å². The second-order valence-electron chi connectivity index (χ2n) is 2.94. The van der Waals surface area contributed by atoms with Gasteiger partial charge in [-0.15, -0.1) is 0 Å². The molecule has 0 heterocycles. The lowest BCUT2D eigenvalue weighted by atomic mass is 10.1. The van der Waals surface area contributed by atoms with Crippen molar-refractivity contribution in [1.29, 1.82) is 0 Å². The van der Waals surface area contributed by atoms with Gasteiger partial charge in [-0.05, 0) is 12.3 Å². The van der Waals surface area contributed by atoms with E-state index in [-0.39, 0.29) is 5.97 Å². The van der Waals surface area contributed by atoms with E-state index in [1.165, 1.54) is 13.2 Å². The Morgan fingerprint density at radius 1 is 1.42 bits per heavy atom. The van der Waals surface area contributed by atoms with E-state index >= 15 is 0 Å². The van der Waals surface area contributed by atoms with Crippen LogP contribution in [0.15, 0.2) is 24.3 Å². The van der Waals surface area contributed by atoms with E-state index in [9.17, 15) is 4.79 Å². The highest BCUT2D eigenvalue weighted by Gasteiger charge is 1.87.